The normalized spacial score (nSPS) is 22.1. The summed E-state index contributed by atoms with van der Waals surface area (Å²) in [5, 5.41) is 0. The van der Waals surface area contributed by atoms with Gasteiger partial charge in [-0.25, -0.2) is 8.42 Å². The number of carbonyl (C=O) groups excluding carboxylic acids is 1. The van der Waals surface area contributed by atoms with Crippen LogP contribution >= 0.6 is 0 Å². The molecule has 1 aromatic carbocycles. The topological polar surface area (TPSA) is 70.8 Å². The minimum Gasteiger partial charge on any atom is -0.455 e. The molecule has 1 amide bonds. The molecule has 1 saturated carbocycles. The Morgan fingerprint density at radius 2 is 1.83 bits per heavy atom. The van der Waals surface area contributed by atoms with Crippen LogP contribution in [0, 0.1) is 6.92 Å². The van der Waals surface area contributed by atoms with Crippen LogP contribution < -0.4 is 0 Å². The molecule has 0 N–H and O–H groups in total. The SMILES string of the molecule is Cc1oc(C(=O)N(C2CC2)C2CCCc3ccccc32)cc1S(=O)(=O)N1CCCC1. The van der Waals surface area contributed by atoms with Gasteiger partial charge in [-0.1, -0.05) is 24.3 Å². The van der Waals surface area contributed by atoms with Crippen molar-refractivity contribution in [1.29, 1.82) is 0 Å². The third-order valence-corrected chi connectivity index (χ3v) is 8.62. The number of carbonyl (C=O) groups is 1. The first kappa shape index (κ1) is 19.8. The van der Waals surface area contributed by atoms with Crippen molar-refractivity contribution in [3.63, 3.8) is 0 Å². The van der Waals surface area contributed by atoms with Crippen LogP contribution in [0.25, 0.3) is 0 Å². The molecule has 1 atom stereocenters. The van der Waals surface area contributed by atoms with E-state index >= 15 is 0 Å². The van der Waals surface area contributed by atoms with Gasteiger partial charge in [0.1, 0.15) is 10.7 Å². The summed E-state index contributed by atoms with van der Waals surface area (Å²) >= 11 is 0. The highest BCUT2D eigenvalue weighted by molar-refractivity contribution is 7.89. The van der Waals surface area contributed by atoms with E-state index in [1.54, 1.807) is 6.92 Å². The molecule has 1 aromatic heterocycles. The molecule has 2 aliphatic carbocycles. The van der Waals surface area contributed by atoms with Crippen LogP contribution in [0.4, 0.5) is 0 Å². The summed E-state index contributed by atoms with van der Waals surface area (Å²) in [7, 11) is -3.62. The molecule has 7 heteroatoms. The standard InChI is InChI=1S/C23H28N2O4S/c1-16-22(30(27,28)24-13-4-5-14-24)15-21(29-16)23(26)25(18-11-12-18)20-10-6-8-17-7-2-3-9-19(17)20/h2-3,7,9,15,18,20H,4-6,8,10-14H2,1H3. The van der Waals surface area contributed by atoms with E-state index in [0.29, 0.717) is 18.8 Å². The maximum atomic E-state index is 13.6. The van der Waals surface area contributed by atoms with Gasteiger partial charge < -0.3 is 9.32 Å². The second-order valence-electron chi connectivity index (χ2n) is 8.69. The highest BCUT2D eigenvalue weighted by atomic mass is 32.2. The number of aryl methyl sites for hydroxylation is 2. The molecule has 5 rings (SSSR count). The Bertz CT molecular complexity index is 1060. The highest BCUT2D eigenvalue weighted by Crippen LogP contribution is 2.42. The number of nitrogens with zero attached hydrogens (tertiary/aromatic N) is 2. The quantitative estimate of drug-likeness (QED) is 0.720. The summed E-state index contributed by atoms with van der Waals surface area (Å²) < 4.78 is 33.3. The average molecular weight is 429 g/mol. The Morgan fingerprint density at radius 1 is 1.10 bits per heavy atom. The van der Waals surface area contributed by atoms with Gasteiger partial charge in [-0.3, -0.25) is 4.79 Å². The van der Waals surface area contributed by atoms with Gasteiger partial charge in [0.2, 0.25) is 10.0 Å². The lowest BCUT2D eigenvalue weighted by atomic mass is 9.86. The average Bonchev–Trinajstić information content (AvgIpc) is 3.25. The molecule has 2 aromatic rings. The van der Waals surface area contributed by atoms with Crippen LogP contribution in [-0.4, -0.2) is 42.7 Å². The molecular formula is C23H28N2O4S. The third kappa shape index (κ3) is 3.38. The Hall–Kier alpha value is -2.12. The van der Waals surface area contributed by atoms with Crippen molar-refractivity contribution in [1.82, 2.24) is 9.21 Å². The van der Waals surface area contributed by atoms with Crippen molar-refractivity contribution in [2.45, 2.75) is 68.8 Å². The molecule has 6 nitrogen and oxygen atoms in total. The lowest BCUT2D eigenvalue weighted by molar-refractivity contribution is 0.0603. The number of fused-ring (bicyclic) bond motifs is 1. The smallest absolute Gasteiger partial charge is 0.290 e. The molecule has 1 saturated heterocycles. The molecule has 160 valence electrons. The molecule has 0 radical (unpaired) electrons. The number of amides is 1. The van der Waals surface area contributed by atoms with Crippen LogP contribution in [0.15, 0.2) is 39.6 Å². The summed E-state index contributed by atoms with van der Waals surface area (Å²) in [6.45, 7) is 2.70. The zero-order chi connectivity index (χ0) is 20.9. The first-order valence-corrected chi connectivity index (χ1v) is 12.4. The Balaban J connectivity index is 1.48. The van der Waals surface area contributed by atoms with Crippen LogP contribution in [0.3, 0.4) is 0 Å². The summed E-state index contributed by atoms with van der Waals surface area (Å²) in [4.78, 5) is 15.7. The van der Waals surface area contributed by atoms with E-state index in [-0.39, 0.29) is 28.6 Å². The van der Waals surface area contributed by atoms with E-state index < -0.39 is 10.0 Å². The summed E-state index contributed by atoms with van der Waals surface area (Å²) in [6, 6.07) is 10.0. The van der Waals surface area contributed by atoms with Gasteiger partial charge in [-0.15, -0.1) is 0 Å². The first-order chi connectivity index (χ1) is 14.5. The van der Waals surface area contributed by atoms with Gasteiger partial charge in [0.05, 0.1) is 6.04 Å². The van der Waals surface area contributed by atoms with Crippen molar-refractivity contribution in [3.8, 4) is 0 Å². The van der Waals surface area contributed by atoms with Gasteiger partial charge in [-0.2, -0.15) is 4.31 Å². The number of benzene rings is 1. The largest absolute Gasteiger partial charge is 0.455 e. The zero-order valence-electron chi connectivity index (χ0n) is 17.3. The number of furan rings is 1. The fraction of sp³-hybridized carbons (Fsp3) is 0.522. The van der Waals surface area contributed by atoms with E-state index in [2.05, 4.69) is 18.2 Å². The van der Waals surface area contributed by atoms with E-state index in [9.17, 15) is 13.2 Å². The third-order valence-electron chi connectivity index (χ3n) is 6.61. The predicted molar refractivity (Wildman–Crippen MR) is 113 cm³/mol. The van der Waals surface area contributed by atoms with Crippen LogP contribution in [-0.2, 0) is 16.4 Å². The molecule has 0 spiro atoms. The minimum atomic E-state index is -3.62. The van der Waals surface area contributed by atoms with E-state index in [4.69, 9.17) is 4.42 Å². The minimum absolute atomic E-state index is 0.0268. The highest BCUT2D eigenvalue weighted by Gasteiger charge is 2.41. The van der Waals surface area contributed by atoms with Gasteiger partial charge in [0.25, 0.3) is 5.91 Å². The van der Waals surface area contributed by atoms with Gasteiger partial charge in [0, 0.05) is 25.2 Å². The van der Waals surface area contributed by atoms with Crippen molar-refractivity contribution in [2.75, 3.05) is 13.1 Å². The van der Waals surface area contributed by atoms with Crippen LogP contribution in [0.2, 0.25) is 0 Å². The second kappa shape index (κ2) is 7.54. The summed E-state index contributed by atoms with van der Waals surface area (Å²) in [5.41, 5.74) is 2.53. The molecule has 0 bridgehead atoms. The number of hydrogen-bond acceptors (Lipinski definition) is 4. The first-order valence-electron chi connectivity index (χ1n) is 11.0. The second-order valence-corrected chi connectivity index (χ2v) is 10.6. The molecule has 3 aliphatic rings. The summed E-state index contributed by atoms with van der Waals surface area (Å²) in [5.74, 6) is 0.246. The lowest BCUT2D eigenvalue weighted by Gasteiger charge is -2.35. The van der Waals surface area contributed by atoms with E-state index in [0.717, 1.165) is 44.9 Å². The van der Waals surface area contributed by atoms with Gasteiger partial charge in [-0.05, 0) is 63.0 Å². The van der Waals surface area contributed by atoms with Crippen LogP contribution in [0.1, 0.15) is 72.0 Å². The molecular weight excluding hydrogens is 400 g/mol. The Labute approximate surface area is 177 Å². The van der Waals surface area contributed by atoms with Crippen molar-refractivity contribution in [2.24, 2.45) is 0 Å². The Morgan fingerprint density at radius 3 is 2.57 bits per heavy atom. The fourth-order valence-corrected chi connectivity index (χ4v) is 6.63. The van der Waals surface area contributed by atoms with Crippen molar-refractivity contribution in [3.05, 3.63) is 53.0 Å². The van der Waals surface area contributed by atoms with Gasteiger partial charge >= 0.3 is 0 Å². The van der Waals surface area contributed by atoms with Crippen LogP contribution in [0.5, 0.6) is 0 Å². The number of sulfonamides is 1. The summed E-state index contributed by atoms with van der Waals surface area (Å²) in [6.07, 6.45) is 6.74. The fourth-order valence-electron chi connectivity index (χ4n) is 4.95. The zero-order valence-corrected chi connectivity index (χ0v) is 18.2. The molecule has 2 fully saturated rings. The Kier molecular flexibility index (Phi) is 4.98. The molecule has 30 heavy (non-hydrogen) atoms. The molecule has 2 heterocycles. The lowest BCUT2D eigenvalue weighted by Crippen LogP contribution is -2.38. The van der Waals surface area contributed by atoms with Gasteiger partial charge in [0.15, 0.2) is 5.76 Å². The number of rotatable bonds is 5. The maximum Gasteiger partial charge on any atom is 0.290 e. The maximum absolute atomic E-state index is 13.6. The number of hydrogen-bond donors (Lipinski definition) is 0. The van der Waals surface area contributed by atoms with E-state index in [1.807, 2.05) is 11.0 Å². The van der Waals surface area contributed by atoms with Crippen molar-refractivity contribution < 1.29 is 17.6 Å². The molecule has 1 aliphatic heterocycles. The van der Waals surface area contributed by atoms with E-state index in [1.165, 1.54) is 21.5 Å². The monoisotopic (exact) mass is 428 g/mol. The van der Waals surface area contributed by atoms with Crippen molar-refractivity contribution >= 4 is 15.9 Å². The predicted octanol–water partition coefficient (Wildman–Crippen LogP) is 4.05. The molecule has 1 unspecified atom stereocenters.